The van der Waals surface area contributed by atoms with E-state index in [1.807, 2.05) is 0 Å². The fourth-order valence-electron chi connectivity index (χ4n) is 1.39. The van der Waals surface area contributed by atoms with Crippen LogP contribution in [0, 0.1) is 0 Å². The minimum atomic E-state index is -4.53. The summed E-state index contributed by atoms with van der Waals surface area (Å²) in [6.45, 7) is 0. The second-order valence-corrected chi connectivity index (χ2v) is 3.38. The van der Waals surface area contributed by atoms with E-state index in [0.29, 0.717) is 11.6 Å². The number of halogens is 3. The van der Waals surface area contributed by atoms with Crippen LogP contribution in [0.3, 0.4) is 0 Å². The summed E-state index contributed by atoms with van der Waals surface area (Å²) in [5.41, 5.74) is -1.16. The molecular weight excluding hydrogens is 233 g/mol. The minimum Gasteiger partial charge on any atom is -0.322 e. The number of nitrogens with zero attached hydrogens (tertiary/aromatic N) is 1. The Bertz CT molecular complexity index is 575. The number of alkyl halides is 3. The van der Waals surface area contributed by atoms with E-state index in [4.69, 9.17) is 0 Å². The van der Waals surface area contributed by atoms with E-state index in [0.717, 1.165) is 6.07 Å². The van der Waals surface area contributed by atoms with Crippen LogP contribution in [-0.4, -0.2) is 9.97 Å². The van der Waals surface area contributed by atoms with Crippen LogP contribution in [0.25, 0.3) is 11.3 Å². The molecule has 17 heavy (non-hydrogen) atoms. The highest BCUT2D eigenvalue weighted by molar-refractivity contribution is 5.58. The molecule has 0 saturated carbocycles. The van der Waals surface area contributed by atoms with Crippen LogP contribution in [0.15, 0.2) is 41.5 Å². The lowest BCUT2D eigenvalue weighted by Gasteiger charge is -2.08. The highest BCUT2D eigenvalue weighted by Crippen LogP contribution is 2.30. The van der Waals surface area contributed by atoms with Gasteiger partial charge in [0.15, 0.2) is 0 Å². The molecule has 0 unspecified atom stereocenters. The topological polar surface area (TPSA) is 45.8 Å². The molecule has 2 aromatic heterocycles. The van der Waals surface area contributed by atoms with Gasteiger partial charge in [-0.3, -0.25) is 9.78 Å². The summed E-state index contributed by atoms with van der Waals surface area (Å²) >= 11 is 0. The summed E-state index contributed by atoms with van der Waals surface area (Å²) < 4.78 is 37.5. The number of aromatic amines is 1. The van der Waals surface area contributed by atoms with Gasteiger partial charge in [0.25, 0.3) is 0 Å². The van der Waals surface area contributed by atoms with E-state index < -0.39 is 17.3 Å². The summed E-state index contributed by atoms with van der Waals surface area (Å²) in [6.07, 6.45) is -1.65. The van der Waals surface area contributed by atoms with E-state index in [2.05, 4.69) is 9.97 Å². The number of hydrogen-bond donors (Lipinski definition) is 1. The zero-order valence-corrected chi connectivity index (χ0v) is 8.45. The second-order valence-electron chi connectivity index (χ2n) is 3.38. The van der Waals surface area contributed by atoms with Crippen LogP contribution in [0.1, 0.15) is 5.56 Å². The van der Waals surface area contributed by atoms with Crippen LogP contribution in [-0.2, 0) is 6.18 Å². The molecule has 0 aromatic carbocycles. The van der Waals surface area contributed by atoms with Crippen LogP contribution in [0.2, 0.25) is 0 Å². The number of hydrogen-bond acceptors (Lipinski definition) is 2. The smallest absolute Gasteiger partial charge is 0.322 e. The lowest BCUT2D eigenvalue weighted by Crippen LogP contribution is -2.13. The van der Waals surface area contributed by atoms with Crippen molar-refractivity contribution in [1.82, 2.24) is 9.97 Å². The van der Waals surface area contributed by atoms with Gasteiger partial charge in [0, 0.05) is 29.7 Å². The molecule has 0 fully saturated rings. The first-order chi connectivity index (χ1) is 7.97. The molecule has 0 atom stereocenters. The average Bonchev–Trinajstić information content (AvgIpc) is 2.28. The highest BCUT2D eigenvalue weighted by atomic mass is 19.4. The van der Waals surface area contributed by atoms with E-state index >= 15 is 0 Å². The van der Waals surface area contributed by atoms with Crippen molar-refractivity contribution in [2.75, 3.05) is 0 Å². The number of H-pyrrole nitrogens is 1. The largest absolute Gasteiger partial charge is 0.416 e. The molecule has 0 amide bonds. The first kappa shape index (κ1) is 11.4. The molecule has 0 saturated heterocycles. The van der Waals surface area contributed by atoms with Crippen LogP contribution >= 0.6 is 0 Å². The number of rotatable bonds is 1. The van der Waals surface area contributed by atoms with Crippen molar-refractivity contribution in [3.05, 3.63) is 52.6 Å². The van der Waals surface area contributed by atoms with E-state index in [9.17, 15) is 18.0 Å². The van der Waals surface area contributed by atoms with E-state index in [1.54, 1.807) is 0 Å². The highest BCUT2D eigenvalue weighted by Gasteiger charge is 2.31. The van der Waals surface area contributed by atoms with Gasteiger partial charge in [-0.2, -0.15) is 13.2 Å². The Morgan fingerprint density at radius 1 is 1.12 bits per heavy atom. The number of pyridine rings is 2. The van der Waals surface area contributed by atoms with Crippen molar-refractivity contribution in [1.29, 1.82) is 0 Å². The molecule has 2 heterocycles. The van der Waals surface area contributed by atoms with Gasteiger partial charge in [-0.05, 0) is 18.2 Å². The Hall–Kier alpha value is -2.11. The molecule has 0 spiro atoms. The molecule has 0 aliphatic carbocycles. The fourth-order valence-corrected chi connectivity index (χ4v) is 1.39. The fraction of sp³-hybridized carbons (Fsp3) is 0.0909. The predicted molar refractivity (Wildman–Crippen MR) is 55.3 cm³/mol. The third kappa shape index (κ3) is 2.52. The van der Waals surface area contributed by atoms with Gasteiger partial charge in [-0.15, -0.1) is 0 Å². The van der Waals surface area contributed by atoms with Gasteiger partial charge in [0.2, 0.25) is 5.56 Å². The van der Waals surface area contributed by atoms with Gasteiger partial charge in [0.1, 0.15) is 0 Å². The molecule has 0 aliphatic rings. The summed E-state index contributed by atoms with van der Waals surface area (Å²) in [5, 5.41) is 0. The third-order valence-corrected chi connectivity index (χ3v) is 2.16. The minimum absolute atomic E-state index is 0.118. The van der Waals surface area contributed by atoms with E-state index in [-0.39, 0.29) is 5.69 Å². The van der Waals surface area contributed by atoms with Crippen molar-refractivity contribution >= 4 is 0 Å². The van der Waals surface area contributed by atoms with Gasteiger partial charge >= 0.3 is 6.18 Å². The average molecular weight is 240 g/mol. The quantitative estimate of drug-likeness (QED) is 0.832. The third-order valence-electron chi connectivity index (χ3n) is 2.16. The lowest BCUT2D eigenvalue weighted by molar-refractivity contribution is -0.137. The van der Waals surface area contributed by atoms with Gasteiger partial charge in [-0.25, -0.2) is 0 Å². The number of nitrogens with one attached hydrogen (secondary N) is 1. The molecule has 2 aromatic rings. The molecule has 6 heteroatoms. The lowest BCUT2D eigenvalue weighted by atomic mass is 10.1. The van der Waals surface area contributed by atoms with Gasteiger partial charge in [0.05, 0.1) is 5.56 Å². The van der Waals surface area contributed by atoms with Crippen LogP contribution in [0.5, 0.6) is 0 Å². The Morgan fingerprint density at radius 3 is 2.35 bits per heavy atom. The van der Waals surface area contributed by atoms with Crippen LogP contribution < -0.4 is 5.56 Å². The Balaban J connectivity index is 2.58. The normalized spacial score (nSPS) is 11.5. The maximum Gasteiger partial charge on any atom is 0.416 e. The van der Waals surface area contributed by atoms with Crippen molar-refractivity contribution in [2.24, 2.45) is 0 Å². The molecular formula is C11H7F3N2O. The SMILES string of the molecule is O=c1cc(C(F)(F)F)cc(-c2ccncc2)[nH]1. The number of aromatic nitrogens is 2. The van der Waals surface area contributed by atoms with Gasteiger partial charge < -0.3 is 4.98 Å². The van der Waals surface area contributed by atoms with E-state index in [1.165, 1.54) is 24.5 Å². The summed E-state index contributed by atoms with van der Waals surface area (Å²) in [4.78, 5) is 17.3. The van der Waals surface area contributed by atoms with Gasteiger partial charge in [-0.1, -0.05) is 0 Å². The van der Waals surface area contributed by atoms with Crippen molar-refractivity contribution in [3.8, 4) is 11.3 Å². The van der Waals surface area contributed by atoms with Crippen LogP contribution in [0.4, 0.5) is 13.2 Å². The summed E-state index contributed by atoms with van der Waals surface area (Å²) in [5.74, 6) is 0. The Morgan fingerprint density at radius 2 is 1.76 bits per heavy atom. The standard InChI is InChI=1S/C11H7F3N2O/c12-11(13,14)8-5-9(16-10(17)6-8)7-1-3-15-4-2-7/h1-6H,(H,16,17). The molecule has 0 bridgehead atoms. The maximum absolute atomic E-state index is 12.5. The van der Waals surface area contributed by atoms with Crippen molar-refractivity contribution in [2.45, 2.75) is 6.18 Å². The second kappa shape index (κ2) is 4.04. The Labute approximate surface area is 94.0 Å². The molecule has 3 nitrogen and oxygen atoms in total. The molecule has 0 radical (unpaired) electrons. The maximum atomic E-state index is 12.5. The molecule has 1 N–H and O–H groups in total. The summed E-state index contributed by atoms with van der Waals surface area (Å²) in [7, 11) is 0. The molecule has 88 valence electrons. The van der Waals surface area contributed by atoms with Crippen molar-refractivity contribution < 1.29 is 13.2 Å². The molecule has 2 rings (SSSR count). The summed E-state index contributed by atoms with van der Waals surface area (Å²) in [6, 6.07) is 4.47. The monoisotopic (exact) mass is 240 g/mol. The Kier molecular flexibility index (Phi) is 2.71. The molecule has 0 aliphatic heterocycles. The zero-order valence-electron chi connectivity index (χ0n) is 8.45. The first-order valence-corrected chi connectivity index (χ1v) is 4.69. The predicted octanol–water partition coefficient (Wildman–Crippen LogP) is 2.46. The zero-order chi connectivity index (χ0) is 12.5. The van der Waals surface area contributed by atoms with Crippen molar-refractivity contribution in [3.63, 3.8) is 0 Å². The first-order valence-electron chi connectivity index (χ1n) is 4.69.